The van der Waals surface area contributed by atoms with Crippen LogP contribution in [-0.4, -0.2) is 32.7 Å². The average Bonchev–Trinajstić information content (AvgIpc) is 3.11. The fraction of sp³-hybridized carbons (Fsp3) is 0.214. The lowest BCUT2D eigenvalue weighted by Crippen LogP contribution is -2.29. The molecule has 0 fully saturated rings. The summed E-state index contributed by atoms with van der Waals surface area (Å²) in [7, 11) is 0. The standard InChI is InChI=1S/C28H28N4O3/c1-18-10-12-22(13-11-18)17-32-20(3)23(19(2)31-32)14-15-27(33)35-21(4)28(34)30-26-9-5-8-25-24(26)7-6-16-29-25/h5-16,21H,17H2,1-4H3,(H,30,34)/b15-14+. The molecule has 0 aliphatic heterocycles. The van der Waals surface area contributed by atoms with Crippen LogP contribution in [0.15, 0.2) is 66.9 Å². The van der Waals surface area contributed by atoms with Gasteiger partial charge in [-0.1, -0.05) is 35.9 Å². The smallest absolute Gasteiger partial charge is 0.331 e. The van der Waals surface area contributed by atoms with Crippen molar-refractivity contribution in [2.75, 3.05) is 5.32 Å². The van der Waals surface area contributed by atoms with Crippen molar-refractivity contribution < 1.29 is 14.3 Å². The number of fused-ring (bicyclic) bond motifs is 1. The molecule has 1 unspecified atom stereocenters. The molecule has 0 aliphatic carbocycles. The molecule has 7 nitrogen and oxygen atoms in total. The van der Waals surface area contributed by atoms with Crippen molar-refractivity contribution in [3.8, 4) is 0 Å². The van der Waals surface area contributed by atoms with E-state index >= 15 is 0 Å². The second-order valence-corrected chi connectivity index (χ2v) is 8.51. The Morgan fingerprint density at radius 3 is 2.60 bits per heavy atom. The number of esters is 1. The van der Waals surface area contributed by atoms with Gasteiger partial charge in [0.1, 0.15) is 0 Å². The van der Waals surface area contributed by atoms with E-state index in [0.717, 1.165) is 33.4 Å². The Hall–Kier alpha value is -4.26. The van der Waals surface area contributed by atoms with Crippen LogP contribution in [0.5, 0.6) is 0 Å². The number of rotatable bonds is 7. The van der Waals surface area contributed by atoms with Crippen LogP contribution in [0.1, 0.15) is 35.0 Å². The number of aryl methyl sites for hydroxylation is 2. The largest absolute Gasteiger partial charge is 0.449 e. The van der Waals surface area contributed by atoms with Gasteiger partial charge in [0.05, 0.1) is 23.4 Å². The highest BCUT2D eigenvalue weighted by molar-refractivity contribution is 6.03. The summed E-state index contributed by atoms with van der Waals surface area (Å²) < 4.78 is 7.25. The van der Waals surface area contributed by atoms with Crippen molar-refractivity contribution in [1.82, 2.24) is 14.8 Å². The molecule has 4 aromatic rings. The van der Waals surface area contributed by atoms with E-state index < -0.39 is 18.0 Å². The zero-order valence-electron chi connectivity index (χ0n) is 20.3. The molecule has 0 saturated heterocycles. The van der Waals surface area contributed by atoms with Gasteiger partial charge in [-0.05, 0) is 63.6 Å². The summed E-state index contributed by atoms with van der Waals surface area (Å²) in [6.07, 6.45) is 3.75. The second kappa shape index (κ2) is 10.3. The third kappa shape index (κ3) is 5.63. The molecule has 2 heterocycles. The van der Waals surface area contributed by atoms with Gasteiger partial charge in [0, 0.05) is 28.9 Å². The van der Waals surface area contributed by atoms with E-state index in [4.69, 9.17) is 4.74 Å². The first-order valence-corrected chi connectivity index (χ1v) is 11.4. The van der Waals surface area contributed by atoms with E-state index in [1.807, 2.05) is 36.7 Å². The summed E-state index contributed by atoms with van der Waals surface area (Å²) in [6.45, 7) is 8.11. The van der Waals surface area contributed by atoms with Crippen molar-refractivity contribution >= 4 is 34.5 Å². The second-order valence-electron chi connectivity index (χ2n) is 8.51. The summed E-state index contributed by atoms with van der Waals surface area (Å²) in [5, 5.41) is 8.24. The minimum Gasteiger partial charge on any atom is -0.449 e. The van der Waals surface area contributed by atoms with Crippen LogP contribution in [0.4, 0.5) is 5.69 Å². The van der Waals surface area contributed by atoms with Crippen molar-refractivity contribution in [2.45, 2.75) is 40.3 Å². The lowest BCUT2D eigenvalue weighted by atomic mass is 10.1. The minimum atomic E-state index is -0.967. The molecule has 7 heteroatoms. The molecule has 0 bridgehead atoms. The molecule has 0 saturated carbocycles. The van der Waals surface area contributed by atoms with Gasteiger partial charge in [-0.15, -0.1) is 0 Å². The average molecular weight is 469 g/mol. The minimum absolute atomic E-state index is 0.415. The van der Waals surface area contributed by atoms with Gasteiger partial charge in [-0.2, -0.15) is 5.10 Å². The van der Waals surface area contributed by atoms with E-state index in [-0.39, 0.29) is 0 Å². The van der Waals surface area contributed by atoms with Crippen LogP contribution in [0.25, 0.3) is 17.0 Å². The number of nitrogens with zero attached hydrogens (tertiary/aromatic N) is 3. The number of pyridine rings is 1. The number of ether oxygens (including phenoxy) is 1. The quantitative estimate of drug-likeness (QED) is 0.305. The number of anilines is 1. The lowest BCUT2D eigenvalue weighted by Gasteiger charge is -2.13. The first kappa shape index (κ1) is 23.9. The molecule has 1 N–H and O–H groups in total. The monoisotopic (exact) mass is 468 g/mol. The number of benzene rings is 2. The number of hydrogen-bond acceptors (Lipinski definition) is 5. The fourth-order valence-electron chi connectivity index (χ4n) is 3.84. The molecule has 0 spiro atoms. The van der Waals surface area contributed by atoms with Gasteiger partial charge in [-0.25, -0.2) is 4.79 Å². The molecule has 35 heavy (non-hydrogen) atoms. The first-order chi connectivity index (χ1) is 16.8. The van der Waals surface area contributed by atoms with Crippen LogP contribution >= 0.6 is 0 Å². The van der Waals surface area contributed by atoms with Gasteiger partial charge in [0.2, 0.25) is 0 Å². The highest BCUT2D eigenvalue weighted by atomic mass is 16.5. The Kier molecular flexibility index (Phi) is 7.06. The van der Waals surface area contributed by atoms with Gasteiger partial charge >= 0.3 is 5.97 Å². The van der Waals surface area contributed by atoms with E-state index in [0.29, 0.717) is 12.2 Å². The normalized spacial score (nSPS) is 12.1. The van der Waals surface area contributed by atoms with Crippen molar-refractivity contribution in [3.63, 3.8) is 0 Å². The molecule has 178 valence electrons. The van der Waals surface area contributed by atoms with Crippen LogP contribution in [0.3, 0.4) is 0 Å². The summed E-state index contributed by atoms with van der Waals surface area (Å²) in [6, 6.07) is 17.5. The number of nitrogens with one attached hydrogen (secondary N) is 1. The maximum absolute atomic E-state index is 12.6. The van der Waals surface area contributed by atoms with Crippen LogP contribution in [0.2, 0.25) is 0 Å². The highest BCUT2D eigenvalue weighted by Crippen LogP contribution is 2.22. The molecule has 2 aromatic carbocycles. The van der Waals surface area contributed by atoms with Crippen LogP contribution in [0, 0.1) is 20.8 Å². The molecule has 1 atom stereocenters. The topological polar surface area (TPSA) is 86.1 Å². The summed E-state index contributed by atoms with van der Waals surface area (Å²) in [4.78, 5) is 29.3. The SMILES string of the molecule is Cc1ccc(Cn2nc(C)c(/C=C/C(=O)OC(C)C(=O)Nc3cccc4ncccc34)c2C)cc1. The summed E-state index contributed by atoms with van der Waals surface area (Å²) in [5.41, 5.74) is 6.36. The van der Waals surface area contributed by atoms with E-state index in [1.165, 1.54) is 11.6 Å². The van der Waals surface area contributed by atoms with Gasteiger partial charge in [0.15, 0.2) is 6.10 Å². The maximum atomic E-state index is 12.6. The number of aromatic nitrogens is 3. The van der Waals surface area contributed by atoms with Crippen molar-refractivity contribution in [1.29, 1.82) is 0 Å². The predicted molar refractivity (Wildman–Crippen MR) is 137 cm³/mol. The Morgan fingerprint density at radius 1 is 1.06 bits per heavy atom. The van der Waals surface area contributed by atoms with E-state index in [2.05, 4.69) is 46.6 Å². The Morgan fingerprint density at radius 2 is 1.83 bits per heavy atom. The maximum Gasteiger partial charge on any atom is 0.331 e. The Bertz CT molecular complexity index is 1400. The Labute approximate surface area is 204 Å². The van der Waals surface area contributed by atoms with Crippen molar-refractivity contribution in [3.05, 3.63) is 94.9 Å². The van der Waals surface area contributed by atoms with Gasteiger partial charge in [-0.3, -0.25) is 14.5 Å². The number of hydrogen-bond donors (Lipinski definition) is 1. The third-order valence-corrected chi connectivity index (χ3v) is 5.84. The van der Waals surface area contributed by atoms with E-state index in [1.54, 1.807) is 31.3 Å². The van der Waals surface area contributed by atoms with Crippen molar-refractivity contribution in [2.24, 2.45) is 0 Å². The summed E-state index contributed by atoms with van der Waals surface area (Å²) in [5.74, 6) is -1.02. The molecular formula is C28H28N4O3. The van der Waals surface area contributed by atoms with Crippen LogP contribution in [-0.2, 0) is 20.9 Å². The third-order valence-electron chi connectivity index (χ3n) is 5.84. The molecular weight excluding hydrogens is 440 g/mol. The van der Waals surface area contributed by atoms with Gasteiger partial charge in [0.25, 0.3) is 5.91 Å². The molecule has 2 aromatic heterocycles. The first-order valence-electron chi connectivity index (χ1n) is 11.4. The number of carbonyl (C=O) groups excluding carboxylic acids is 2. The highest BCUT2D eigenvalue weighted by Gasteiger charge is 2.18. The fourth-order valence-corrected chi connectivity index (χ4v) is 3.84. The molecule has 0 aliphatic rings. The van der Waals surface area contributed by atoms with Crippen LogP contribution < -0.4 is 5.32 Å². The van der Waals surface area contributed by atoms with E-state index in [9.17, 15) is 9.59 Å². The molecule has 1 amide bonds. The summed E-state index contributed by atoms with van der Waals surface area (Å²) >= 11 is 0. The number of amides is 1. The van der Waals surface area contributed by atoms with Gasteiger partial charge < -0.3 is 10.1 Å². The molecule has 0 radical (unpaired) electrons. The zero-order chi connectivity index (χ0) is 24.9. The zero-order valence-corrected chi connectivity index (χ0v) is 20.3. The Balaban J connectivity index is 1.39. The lowest BCUT2D eigenvalue weighted by molar-refractivity contribution is -0.148. The molecule has 4 rings (SSSR count). The predicted octanol–water partition coefficient (Wildman–Crippen LogP) is 4.99. The number of carbonyl (C=O) groups is 2.